The number of benzene rings is 1. The zero-order valence-corrected chi connectivity index (χ0v) is 16.2. The van der Waals surface area contributed by atoms with Crippen molar-refractivity contribution in [1.82, 2.24) is 9.55 Å². The molecule has 29 heavy (non-hydrogen) atoms. The molecular weight excluding hydrogens is 372 g/mol. The largest absolute Gasteiger partial charge is 0.467 e. The number of nitrogens with one attached hydrogen (secondary N) is 1. The Labute approximate surface area is 166 Å². The Morgan fingerprint density at radius 1 is 1.17 bits per heavy atom. The molecule has 0 aliphatic rings. The van der Waals surface area contributed by atoms with Gasteiger partial charge in [-0.25, -0.2) is 4.79 Å². The summed E-state index contributed by atoms with van der Waals surface area (Å²) in [5, 5.41) is 0. The van der Waals surface area contributed by atoms with Crippen molar-refractivity contribution >= 4 is 17.4 Å². The Kier molecular flexibility index (Phi) is 5.82. The molecule has 3 rings (SSSR count). The summed E-state index contributed by atoms with van der Waals surface area (Å²) in [6.45, 7) is 3.69. The lowest BCUT2D eigenvalue weighted by Gasteiger charge is -2.23. The molecule has 3 N–H and O–H groups in total. The van der Waals surface area contributed by atoms with Gasteiger partial charge in [0.15, 0.2) is 5.69 Å². The molecule has 0 radical (unpaired) electrons. The highest BCUT2D eigenvalue weighted by molar-refractivity contribution is 6.03. The van der Waals surface area contributed by atoms with Crippen molar-refractivity contribution in [1.29, 1.82) is 0 Å². The fourth-order valence-corrected chi connectivity index (χ4v) is 2.91. The van der Waals surface area contributed by atoms with Crippen molar-refractivity contribution in [3.05, 3.63) is 92.5 Å². The molecule has 0 atom stereocenters. The number of allylic oxidation sites excluding steroid dienone is 1. The summed E-state index contributed by atoms with van der Waals surface area (Å²) in [7, 11) is 0. The summed E-state index contributed by atoms with van der Waals surface area (Å²) in [5.41, 5.74) is 6.33. The summed E-state index contributed by atoms with van der Waals surface area (Å²) >= 11 is 0. The van der Waals surface area contributed by atoms with Crippen LogP contribution in [0.3, 0.4) is 0 Å². The molecule has 150 valence electrons. The van der Waals surface area contributed by atoms with Crippen LogP contribution in [0, 0.1) is 0 Å². The lowest BCUT2D eigenvalue weighted by atomic mass is 10.2. The van der Waals surface area contributed by atoms with Gasteiger partial charge in [-0.1, -0.05) is 35.9 Å². The first-order valence-corrected chi connectivity index (χ1v) is 9.02. The van der Waals surface area contributed by atoms with Crippen molar-refractivity contribution in [2.24, 2.45) is 0 Å². The van der Waals surface area contributed by atoms with Gasteiger partial charge in [0.2, 0.25) is 0 Å². The van der Waals surface area contributed by atoms with Gasteiger partial charge in [0.1, 0.15) is 11.6 Å². The first-order chi connectivity index (χ1) is 13.9. The van der Waals surface area contributed by atoms with Crippen LogP contribution in [0.4, 0.5) is 11.5 Å². The molecule has 3 aromatic rings. The van der Waals surface area contributed by atoms with Gasteiger partial charge in [-0.3, -0.25) is 24.0 Å². The number of nitrogens with zero attached hydrogens (tertiary/aromatic N) is 2. The fourth-order valence-electron chi connectivity index (χ4n) is 2.91. The number of H-pyrrole nitrogens is 1. The van der Waals surface area contributed by atoms with E-state index in [0.717, 1.165) is 11.1 Å². The third-order valence-electron chi connectivity index (χ3n) is 4.24. The minimum atomic E-state index is -0.737. The molecule has 0 saturated heterocycles. The first kappa shape index (κ1) is 19.9. The van der Waals surface area contributed by atoms with E-state index in [1.165, 1.54) is 21.8 Å². The quantitative estimate of drug-likeness (QED) is 0.623. The first-order valence-electron chi connectivity index (χ1n) is 9.02. The van der Waals surface area contributed by atoms with Crippen molar-refractivity contribution in [3.63, 3.8) is 0 Å². The van der Waals surface area contributed by atoms with Crippen LogP contribution in [-0.4, -0.2) is 15.5 Å². The van der Waals surface area contributed by atoms with Crippen molar-refractivity contribution in [2.45, 2.75) is 26.9 Å². The maximum absolute atomic E-state index is 12.9. The van der Waals surface area contributed by atoms with Gasteiger partial charge in [-0.05, 0) is 31.5 Å². The molecule has 0 saturated carbocycles. The zero-order valence-electron chi connectivity index (χ0n) is 16.2. The molecule has 0 bridgehead atoms. The van der Waals surface area contributed by atoms with Crippen LogP contribution >= 0.6 is 0 Å². The summed E-state index contributed by atoms with van der Waals surface area (Å²) in [4.78, 5) is 41.4. The van der Waals surface area contributed by atoms with E-state index in [9.17, 15) is 14.4 Å². The Morgan fingerprint density at radius 3 is 2.52 bits per heavy atom. The Balaban J connectivity index is 2.12. The van der Waals surface area contributed by atoms with Crippen LogP contribution in [0.2, 0.25) is 0 Å². The van der Waals surface area contributed by atoms with Gasteiger partial charge in [0, 0.05) is 6.08 Å². The number of carbonyl (C=O) groups excluding carboxylic acids is 1. The van der Waals surface area contributed by atoms with Crippen LogP contribution < -0.4 is 21.9 Å². The molecule has 1 amide bonds. The minimum Gasteiger partial charge on any atom is -0.467 e. The van der Waals surface area contributed by atoms with Gasteiger partial charge in [-0.15, -0.1) is 0 Å². The average Bonchev–Trinajstić information content (AvgIpc) is 3.17. The maximum Gasteiger partial charge on any atom is 0.330 e. The summed E-state index contributed by atoms with van der Waals surface area (Å²) in [6.07, 6.45) is 2.87. The second-order valence-corrected chi connectivity index (χ2v) is 6.79. The Bertz CT molecular complexity index is 1140. The number of anilines is 2. The summed E-state index contributed by atoms with van der Waals surface area (Å²) in [5.74, 6) is -0.0618. The van der Waals surface area contributed by atoms with Crippen LogP contribution in [0.25, 0.3) is 0 Å². The van der Waals surface area contributed by atoms with Gasteiger partial charge in [-0.2, -0.15) is 0 Å². The smallest absolute Gasteiger partial charge is 0.330 e. The number of nitrogens with two attached hydrogens (primary N) is 1. The molecule has 2 aromatic heterocycles. The normalized spacial score (nSPS) is 10.6. The van der Waals surface area contributed by atoms with E-state index >= 15 is 0 Å². The average molecular weight is 394 g/mol. The number of amides is 1. The summed E-state index contributed by atoms with van der Waals surface area (Å²) < 4.78 is 6.57. The molecule has 0 fully saturated rings. The third-order valence-corrected chi connectivity index (χ3v) is 4.24. The van der Waals surface area contributed by atoms with E-state index in [4.69, 9.17) is 10.2 Å². The van der Waals surface area contributed by atoms with Crippen LogP contribution in [0.1, 0.15) is 25.2 Å². The highest BCUT2D eigenvalue weighted by atomic mass is 16.3. The number of aromatic nitrogens is 2. The molecule has 0 spiro atoms. The zero-order chi connectivity index (χ0) is 21.0. The minimum absolute atomic E-state index is 0.00751. The monoisotopic (exact) mass is 394 g/mol. The van der Waals surface area contributed by atoms with Crippen LogP contribution in [-0.2, 0) is 17.9 Å². The van der Waals surface area contributed by atoms with E-state index < -0.39 is 17.2 Å². The molecule has 0 unspecified atom stereocenters. The van der Waals surface area contributed by atoms with Gasteiger partial charge in [0.05, 0.1) is 19.4 Å². The summed E-state index contributed by atoms with van der Waals surface area (Å²) in [6, 6.07) is 12.6. The van der Waals surface area contributed by atoms with Crippen molar-refractivity contribution < 1.29 is 9.21 Å². The predicted octanol–water partition coefficient (Wildman–Crippen LogP) is 2.26. The Morgan fingerprint density at radius 2 is 1.90 bits per heavy atom. The predicted molar refractivity (Wildman–Crippen MR) is 111 cm³/mol. The van der Waals surface area contributed by atoms with Crippen molar-refractivity contribution in [3.8, 4) is 0 Å². The number of aromatic amines is 1. The lowest BCUT2D eigenvalue weighted by molar-refractivity contribution is -0.114. The number of furan rings is 1. The topological polar surface area (TPSA) is 114 Å². The van der Waals surface area contributed by atoms with Gasteiger partial charge < -0.3 is 10.2 Å². The molecule has 8 heteroatoms. The molecule has 2 heterocycles. The number of carbonyl (C=O) groups is 1. The van der Waals surface area contributed by atoms with E-state index in [1.807, 2.05) is 30.3 Å². The van der Waals surface area contributed by atoms with E-state index in [0.29, 0.717) is 5.76 Å². The fraction of sp³-hybridized carbons (Fsp3) is 0.190. The molecule has 1 aromatic carbocycles. The second kappa shape index (κ2) is 8.47. The van der Waals surface area contributed by atoms with Crippen LogP contribution in [0.15, 0.2) is 74.4 Å². The molecule has 8 nitrogen and oxygen atoms in total. The Hall–Kier alpha value is -3.81. The molecular formula is C21H22N4O4. The van der Waals surface area contributed by atoms with Crippen LogP contribution in [0.5, 0.6) is 0 Å². The number of hydrogen-bond acceptors (Lipinski definition) is 5. The lowest BCUT2D eigenvalue weighted by Crippen LogP contribution is -2.40. The van der Waals surface area contributed by atoms with Gasteiger partial charge >= 0.3 is 5.69 Å². The van der Waals surface area contributed by atoms with E-state index in [1.54, 1.807) is 26.0 Å². The number of rotatable bonds is 6. The maximum atomic E-state index is 12.9. The van der Waals surface area contributed by atoms with Gasteiger partial charge in [0.25, 0.3) is 11.5 Å². The SMILES string of the molecule is CC(C)=CC(=O)N(Cc1ccco1)c1c(N)n(Cc2ccccc2)c(=O)[nH]c1=O. The number of hydrogen-bond donors (Lipinski definition) is 2. The standard InChI is InChI=1S/C21H22N4O4/c1-14(2)11-17(26)24(13-16-9-6-10-29-16)18-19(22)25(21(28)23-20(18)27)12-15-7-4-3-5-8-15/h3-11H,12-13,22H2,1-2H3,(H,23,27,28). The molecule has 0 aliphatic carbocycles. The second-order valence-electron chi connectivity index (χ2n) is 6.79. The van der Waals surface area contributed by atoms with E-state index in [2.05, 4.69) is 4.98 Å². The highest BCUT2D eigenvalue weighted by Gasteiger charge is 2.24. The number of nitrogen functional groups attached to an aromatic ring is 1. The molecule has 0 aliphatic heterocycles. The third kappa shape index (κ3) is 4.55. The highest BCUT2D eigenvalue weighted by Crippen LogP contribution is 2.21. The van der Waals surface area contributed by atoms with E-state index in [-0.39, 0.29) is 24.6 Å². The van der Waals surface area contributed by atoms with Crippen molar-refractivity contribution in [2.75, 3.05) is 10.6 Å².